The molecule has 3 atom stereocenters. The zero-order valence-electron chi connectivity index (χ0n) is 23.9. The standard InChI is InChI=1S/C30H34F6N4O4/c31-29(32,33)22-14-21(15-23(16-22)30(34,35)36)19-44-28(43)39-13-9-26(41)40-24(8-12-37-10-4-5-11-37)27(42)38(18-25(39)40)17-20-6-2-1-3-7-20/h1-3,6-7,14-16,24-25,27,42H,4-5,8-13,17-19H2/t24-,25+,27?/m0/s1. The van der Waals surface area contributed by atoms with Gasteiger partial charge in [-0.3, -0.25) is 14.6 Å². The van der Waals surface area contributed by atoms with E-state index in [1.165, 1.54) is 9.80 Å². The lowest BCUT2D eigenvalue weighted by Gasteiger charge is -2.54. The molecular weight excluding hydrogens is 594 g/mol. The number of carbonyl (C=O) groups is 2. The summed E-state index contributed by atoms with van der Waals surface area (Å²) in [5, 5.41) is 11.5. The van der Waals surface area contributed by atoms with E-state index in [4.69, 9.17) is 4.74 Å². The SMILES string of the molecule is O=C(OCc1cc(C(F)(F)F)cc(C(F)(F)F)c1)N1CCC(=O)N2[C@@H]1CN(Cc1ccccc1)C(O)[C@@H]2CCN1CCCC1. The van der Waals surface area contributed by atoms with E-state index < -0.39 is 60.2 Å². The summed E-state index contributed by atoms with van der Waals surface area (Å²) >= 11 is 0. The number of halogens is 6. The second-order valence-corrected chi connectivity index (χ2v) is 11.4. The van der Waals surface area contributed by atoms with E-state index in [0.717, 1.165) is 31.5 Å². The fourth-order valence-electron chi connectivity index (χ4n) is 6.24. The molecule has 14 heteroatoms. The molecule has 240 valence electrons. The van der Waals surface area contributed by atoms with Crippen molar-refractivity contribution in [2.75, 3.05) is 32.7 Å². The fraction of sp³-hybridized carbons (Fsp3) is 0.533. The number of alkyl halides is 6. The van der Waals surface area contributed by atoms with Crippen LogP contribution in [-0.4, -0.2) is 87.9 Å². The van der Waals surface area contributed by atoms with Crippen LogP contribution in [0.5, 0.6) is 0 Å². The van der Waals surface area contributed by atoms with Crippen molar-refractivity contribution in [3.05, 3.63) is 70.8 Å². The van der Waals surface area contributed by atoms with Gasteiger partial charge >= 0.3 is 18.4 Å². The molecule has 0 bridgehead atoms. The molecule has 0 aliphatic carbocycles. The van der Waals surface area contributed by atoms with Crippen LogP contribution in [-0.2, 0) is 35.0 Å². The average molecular weight is 629 g/mol. The van der Waals surface area contributed by atoms with E-state index in [2.05, 4.69) is 4.90 Å². The molecule has 3 aliphatic rings. The van der Waals surface area contributed by atoms with Gasteiger partial charge in [-0.25, -0.2) is 4.79 Å². The highest BCUT2D eigenvalue weighted by atomic mass is 19.4. The van der Waals surface area contributed by atoms with Gasteiger partial charge in [-0.05, 0) is 61.7 Å². The third kappa shape index (κ3) is 7.29. The smallest absolute Gasteiger partial charge is 0.416 e. The number of ether oxygens (including phenoxy) is 1. The van der Waals surface area contributed by atoms with Gasteiger partial charge in [0.2, 0.25) is 5.91 Å². The van der Waals surface area contributed by atoms with E-state index in [-0.39, 0.29) is 31.5 Å². The van der Waals surface area contributed by atoms with Gasteiger partial charge in [0.15, 0.2) is 0 Å². The number of hydrogen-bond donors (Lipinski definition) is 1. The second kappa shape index (κ2) is 12.9. The van der Waals surface area contributed by atoms with Crippen molar-refractivity contribution in [1.82, 2.24) is 19.6 Å². The predicted molar refractivity (Wildman–Crippen MR) is 146 cm³/mol. The Hall–Kier alpha value is -3.36. The Balaban J connectivity index is 1.37. The Bertz CT molecular complexity index is 1290. The molecule has 0 saturated carbocycles. The number of hydrogen-bond acceptors (Lipinski definition) is 6. The maximum absolute atomic E-state index is 13.3. The van der Waals surface area contributed by atoms with Crippen molar-refractivity contribution in [3.8, 4) is 0 Å². The highest BCUT2D eigenvalue weighted by molar-refractivity contribution is 5.80. The summed E-state index contributed by atoms with van der Waals surface area (Å²) in [6.07, 6.45) is -10.4. The first kappa shape index (κ1) is 32.0. The van der Waals surface area contributed by atoms with Crippen molar-refractivity contribution >= 4 is 12.0 Å². The summed E-state index contributed by atoms with van der Waals surface area (Å²) in [4.78, 5) is 33.4. The molecule has 44 heavy (non-hydrogen) atoms. The maximum atomic E-state index is 13.3. The molecule has 1 unspecified atom stereocenters. The van der Waals surface area contributed by atoms with Crippen molar-refractivity contribution in [3.63, 3.8) is 0 Å². The number of likely N-dealkylation sites (tertiary alicyclic amines) is 1. The van der Waals surface area contributed by atoms with Gasteiger partial charge < -0.3 is 19.6 Å². The lowest BCUT2D eigenvalue weighted by molar-refractivity contribution is -0.183. The van der Waals surface area contributed by atoms with Crippen LogP contribution < -0.4 is 0 Å². The Morgan fingerprint density at radius 3 is 2.16 bits per heavy atom. The summed E-state index contributed by atoms with van der Waals surface area (Å²) < 4.78 is 85.2. The number of aliphatic hydroxyl groups is 1. The molecule has 1 N–H and O–H groups in total. The number of nitrogens with zero attached hydrogens (tertiary/aromatic N) is 4. The van der Waals surface area contributed by atoms with Crippen LogP contribution >= 0.6 is 0 Å². The number of rotatable bonds is 7. The zero-order chi connectivity index (χ0) is 31.6. The third-order valence-corrected chi connectivity index (χ3v) is 8.42. The molecule has 2 amide bonds. The van der Waals surface area contributed by atoms with E-state index >= 15 is 0 Å². The minimum Gasteiger partial charge on any atom is -0.444 e. The molecule has 5 rings (SSSR count). The Morgan fingerprint density at radius 1 is 0.909 bits per heavy atom. The van der Waals surface area contributed by atoms with Gasteiger partial charge in [0.25, 0.3) is 0 Å². The van der Waals surface area contributed by atoms with Gasteiger partial charge in [-0.15, -0.1) is 0 Å². The van der Waals surface area contributed by atoms with Gasteiger partial charge in [-0.2, -0.15) is 26.3 Å². The van der Waals surface area contributed by atoms with Crippen LogP contribution in [0.15, 0.2) is 48.5 Å². The molecule has 0 aromatic heterocycles. The largest absolute Gasteiger partial charge is 0.444 e. The van der Waals surface area contributed by atoms with Crippen LogP contribution in [0, 0.1) is 0 Å². The van der Waals surface area contributed by atoms with E-state index in [0.29, 0.717) is 31.6 Å². The molecule has 2 aromatic rings. The van der Waals surface area contributed by atoms with E-state index in [1.807, 2.05) is 30.3 Å². The summed E-state index contributed by atoms with van der Waals surface area (Å²) in [6.45, 7) is 1.98. The number of amides is 2. The summed E-state index contributed by atoms with van der Waals surface area (Å²) in [5.41, 5.74) is -2.59. The highest BCUT2D eigenvalue weighted by Gasteiger charge is 2.49. The van der Waals surface area contributed by atoms with Crippen LogP contribution in [0.1, 0.15) is 47.9 Å². The van der Waals surface area contributed by atoms with Crippen molar-refractivity contribution < 1.29 is 45.8 Å². The Labute approximate surface area is 250 Å². The van der Waals surface area contributed by atoms with Crippen molar-refractivity contribution in [1.29, 1.82) is 0 Å². The number of benzene rings is 2. The van der Waals surface area contributed by atoms with Crippen molar-refractivity contribution in [2.45, 2.75) is 69.6 Å². The average Bonchev–Trinajstić information content (AvgIpc) is 3.49. The van der Waals surface area contributed by atoms with Gasteiger partial charge in [-0.1, -0.05) is 30.3 Å². The molecular formula is C30H34F6N4O4. The summed E-state index contributed by atoms with van der Waals surface area (Å²) in [5.74, 6) is -0.253. The minimum atomic E-state index is -5.04. The normalized spacial score (nSPS) is 23.6. The lowest BCUT2D eigenvalue weighted by atomic mass is 9.99. The van der Waals surface area contributed by atoms with Gasteiger partial charge in [0.05, 0.1) is 17.2 Å². The zero-order valence-corrected chi connectivity index (χ0v) is 23.9. The molecule has 3 saturated heterocycles. The molecule has 3 fully saturated rings. The van der Waals surface area contributed by atoms with E-state index in [9.17, 15) is 41.0 Å². The first-order chi connectivity index (χ1) is 20.8. The molecule has 3 aliphatic heterocycles. The minimum absolute atomic E-state index is 0.0103. The lowest BCUT2D eigenvalue weighted by Crippen LogP contribution is -2.72. The highest BCUT2D eigenvalue weighted by Crippen LogP contribution is 2.37. The van der Waals surface area contributed by atoms with Gasteiger partial charge in [0.1, 0.15) is 19.0 Å². The monoisotopic (exact) mass is 628 g/mol. The number of fused-ring (bicyclic) bond motifs is 1. The number of carbonyl (C=O) groups excluding carboxylic acids is 2. The van der Waals surface area contributed by atoms with Gasteiger partial charge in [0, 0.05) is 32.6 Å². The number of piperazine rings is 1. The van der Waals surface area contributed by atoms with Crippen LogP contribution in [0.3, 0.4) is 0 Å². The predicted octanol–water partition coefficient (Wildman–Crippen LogP) is 4.91. The molecule has 3 heterocycles. The van der Waals surface area contributed by atoms with Crippen LogP contribution in [0.25, 0.3) is 0 Å². The Morgan fingerprint density at radius 2 is 1.55 bits per heavy atom. The molecule has 8 nitrogen and oxygen atoms in total. The molecule has 0 radical (unpaired) electrons. The van der Waals surface area contributed by atoms with E-state index in [1.54, 1.807) is 4.90 Å². The first-order valence-electron chi connectivity index (χ1n) is 14.5. The topological polar surface area (TPSA) is 76.6 Å². The summed E-state index contributed by atoms with van der Waals surface area (Å²) in [6, 6.07) is 9.74. The van der Waals surface area contributed by atoms with Crippen molar-refractivity contribution in [2.24, 2.45) is 0 Å². The number of aliphatic hydroxyl groups excluding tert-OH is 1. The second-order valence-electron chi connectivity index (χ2n) is 11.4. The molecule has 2 aromatic carbocycles. The fourth-order valence-corrected chi connectivity index (χ4v) is 6.24. The Kier molecular flexibility index (Phi) is 9.42. The quantitative estimate of drug-likeness (QED) is 0.440. The maximum Gasteiger partial charge on any atom is 0.416 e. The first-order valence-corrected chi connectivity index (χ1v) is 14.5. The summed E-state index contributed by atoms with van der Waals surface area (Å²) in [7, 11) is 0. The molecule has 0 spiro atoms. The van der Waals surface area contributed by atoms with Crippen LogP contribution in [0.2, 0.25) is 0 Å². The third-order valence-electron chi connectivity index (χ3n) is 8.42. The van der Waals surface area contributed by atoms with Crippen LogP contribution in [0.4, 0.5) is 31.1 Å².